The van der Waals surface area contributed by atoms with E-state index in [2.05, 4.69) is 20.8 Å². The van der Waals surface area contributed by atoms with Crippen LogP contribution in [0.5, 0.6) is 0 Å². The van der Waals surface area contributed by atoms with Gasteiger partial charge in [0, 0.05) is 12.0 Å². The lowest BCUT2D eigenvalue weighted by Crippen LogP contribution is -2.60. The molecule has 0 aromatic rings. The Morgan fingerprint density at radius 1 is 1.06 bits per heavy atom. The lowest BCUT2D eigenvalue weighted by molar-refractivity contribution is -0.168. The summed E-state index contributed by atoms with van der Waals surface area (Å²) in [4.78, 5) is 0. The third-order valence-electron chi connectivity index (χ3n) is 5.97. The summed E-state index contributed by atoms with van der Waals surface area (Å²) in [5, 5.41) is 11.4. The van der Waals surface area contributed by atoms with Crippen molar-refractivity contribution in [2.75, 3.05) is 6.54 Å². The molecule has 0 aromatic carbocycles. The molecular formula is C16H31NO. The lowest BCUT2D eigenvalue weighted by Gasteiger charge is -2.56. The summed E-state index contributed by atoms with van der Waals surface area (Å²) < 4.78 is 0. The second-order valence-corrected chi connectivity index (χ2v) is 7.40. The minimum Gasteiger partial charge on any atom is -0.389 e. The second kappa shape index (κ2) is 5.13. The van der Waals surface area contributed by atoms with E-state index >= 15 is 0 Å². The molecule has 0 heterocycles. The summed E-state index contributed by atoms with van der Waals surface area (Å²) in [7, 11) is 0. The Labute approximate surface area is 112 Å². The molecule has 2 fully saturated rings. The first-order chi connectivity index (χ1) is 8.43. The van der Waals surface area contributed by atoms with E-state index in [4.69, 9.17) is 5.73 Å². The van der Waals surface area contributed by atoms with Crippen molar-refractivity contribution in [2.24, 2.45) is 28.9 Å². The Morgan fingerprint density at radius 3 is 2.33 bits per heavy atom. The van der Waals surface area contributed by atoms with Crippen LogP contribution in [0.3, 0.4) is 0 Å². The zero-order chi connectivity index (χ0) is 13.4. The van der Waals surface area contributed by atoms with Crippen molar-refractivity contribution in [1.29, 1.82) is 0 Å². The van der Waals surface area contributed by atoms with Gasteiger partial charge >= 0.3 is 0 Å². The van der Waals surface area contributed by atoms with Crippen LogP contribution >= 0.6 is 0 Å². The first-order valence-electron chi connectivity index (χ1n) is 7.86. The zero-order valence-electron chi connectivity index (χ0n) is 12.4. The highest BCUT2D eigenvalue weighted by atomic mass is 16.3. The predicted octanol–water partition coefficient (Wildman–Crippen LogP) is 3.33. The van der Waals surface area contributed by atoms with E-state index in [-0.39, 0.29) is 5.41 Å². The molecule has 106 valence electrons. The van der Waals surface area contributed by atoms with Gasteiger partial charge in [-0.3, -0.25) is 0 Å². The topological polar surface area (TPSA) is 46.2 Å². The average molecular weight is 253 g/mol. The van der Waals surface area contributed by atoms with E-state index < -0.39 is 5.60 Å². The van der Waals surface area contributed by atoms with Crippen LogP contribution in [0.15, 0.2) is 0 Å². The molecule has 0 saturated heterocycles. The average Bonchev–Trinajstić information content (AvgIpc) is 2.34. The predicted molar refractivity (Wildman–Crippen MR) is 76.2 cm³/mol. The van der Waals surface area contributed by atoms with Crippen molar-refractivity contribution >= 4 is 0 Å². The molecule has 0 aromatic heterocycles. The normalized spacial score (nSPS) is 50.2. The SMILES string of the molecule is CC1CCCC(CN)(C2(O)CC(C)CCC2C)C1. The molecule has 2 aliphatic carbocycles. The van der Waals surface area contributed by atoms with E-state index in [1.165, 1.54) is 19.3 Å². The maximum absolute atomic E-state index is 11.4. The number of hydrogen-bond acceptors (Lipinski definition) is 2. The third kappa shape index (κ3) is 2.22. The van der Waals surface area contributed by atoms with Crippen LogP contribution in [0.2, 0.25) is 0 Å². The van der Waals surface area contributed by atoms with Crippen molar-refractivity contribution in [2.45, 2.75) is 71.3 Å². The number of aliphatic hydroxyl groups is 1. The minimum atomic E-state index is -0.520. The van der Waals surface area contributed by atoms with Crippen molar-refractivity contribution in [3.8, 4) is 0 Å². The highest BCUT2D eigenvalue weighted by Crippen LogP contribution is 2.54. The molecule has 18 heavy (non-hydrogen) atoms. The standard InChI is InChI=1S/C16H31NO/c1-12-5-4-8-15(9-12,11-17)16(18)10-13(2)6-7-14(16)3/h12-14,18H,4-11,17H2,1-3H3. The summed E-state index contributed by atoms with van der Waals surface area (Å²) in [6.45, 7) is 7.50. The summed E-state index contributed by atoms with van der Waals surface area (Å²) in [6.07, 6.45) is 8.17. The summed E-state index contributed by atoms with van der Waals surface area (Å²) in [6, 6.07) is 0. The lowest BCUT2D eigenvalue weighted by atomic mass is 9.53. The van der Waals surface area contributed by atoms with Gasteiger partial charge in [-0.15, -0.1) is 0 Å². The Kier molecular flexibility index (Phi) is 4.08. The van der Waals surface area contributed by atoms with Crippen LogP contribution < -0.4 is 5.73 Å². The molecule has 0 bridgehead atoms. The fourth-order valence-corrected chi connectivity index (χ4v) is 4.76. The molecule has 3 N–H and O–H groups in total. The fourth-order valence-electron chi connectivity index (χ4n) is 4.76. The van der Waals surface area contributed by atoms with Gasteiger partial charge < -0.3 is 10.8 Å². The number of nitrogens with two attached hydrogens (primary N) is 1. The molecule has 2 nitrogen and oxygen atoms in total. The Bertz CT molecular complexity index is 287. The van der Waals surface area contributed by atoms with Crippen LogP contribution in [0.1, 0.15) is 65.7 Å². The van der Waals surface area contributed by atoms with E-state index in [0.717, 1.165) is 31.6 Å². The zero-order valence-corrected chi connectivity index (χ0v) is 12.4. The van der Waals surface area contributed by atoms with Crippen molar-refractivity contribution in [3.05, 3.63) is 0 Å². The Morgan fingerprint density at radius 2 is 1.72 bits per heavy atom. The molecule has 2 aliphatic rings. The molecule has 0 aliphatic heterocycles. The van der Waals surface area contributed by atoms with Crippen LogP contribution in [0.4, 0.5) is 0 Å². The van der Waals surface area contributed by atoms with Gasteiger partial charge in [0.2, 0.25) is 0 Å². The molecule has 0 radical (unpaired) electrons. The summed E-state index contributed by atoms with van der Waals surface area (Å²) in [5.74, 6) is 1.77. The van der Waals surface area contributed by atoms with Gasteiger partial charge in [-0.25, -0.2) is 0 Å². The Balaban J connectivity index is 2.28. The van der Waals surface area contributed by atoms with E-state index in [1.54, 1.807) is 0 Å². The quantitative estimate of drug-likeness (QED) is 0.793. The van der Waals surface area contributed by atoms with Crippen molar-refractivity contribution < 1.29 is 5.11 Å². The van der Waals surface area contributed by atoms with Crippen molar-refractivity contribution in [1.82, 2.24) is 0 Å². The first-order valence-corrected chi connectivity index (χ1v) is 7.86. The Hall–Kier alpha value is -0.0800. The molecular weight excluding hydrogens is 222 g/mol. The summed E-state index contributed by atoms with van der Waals surface area (Å²) in [5.41, 5.74) is 5.63. The first kappa shape index (κ1) is 14.3. The van der Waals surface area contributed by atoms with Gasteiger partial charge in [-0.05, 0) is 43.4 Å². The van der Waals surface area contributed by atoms with Gasteiger partial charge in [0.1, 0.15) is 0 Å². The van der Waals surface area contributed by atoms with Gasteiger partial charge in [0.15, 0.2) is 0 Å². The molecule has 0 amide bonds. The van der Waals surface area contributed by atoms with Crippen molar-refractivity contribution in [3.63, 3.8) is 0 Å². The second-order valence-electron chi connectivity index (χ2n) is 7.40. The molecule has 5 atom stereocenters. The number of rotatable bonds is 2. The van der Waals surface area contributed by atoms with Gasteiger partial charge in [-0.2, -0.15) is 0 Å². The van der Waals surface area contributed by atoms with Gasteiger partial charge in [0.05, 0.1) is 5.60 Å². The van der Waals surface area contributed by atoms with E-state index in [9.17, 15) is 5.11 Å². The van der Waals surface area contributed by atoms with Crippen LogP contribution in [-0.4, -0.2) is 17.3 Å². The smallest absolute Gasteiger partial charge is 0.0743 e. The molecule has 2 saturated carbocycles. The maximum Gasteiger partial charge on any atom is 0.0743 e. The highest BCUT2D eigenvalue weighted by molar-refractivity contribution is 5.06. The molecule has 0 spiro atoms. The monoisotopic (exact) mass is 253 g/mol. The van der Waals surface area contributed by atoms with Crippen LogP contribution in [-0.2, 0) is 0 Å². The van der Waals surface area contributed by atoms with Crippen LogP contribution in [0, 0.1) is 23.2 Å². The minimum absolute atomic E-state index is 0.0151. The molecule has 5 unspecified atom stereocenters. The molecule has 2 heteroatoms. The molecule has 2 rings (SSSR count). The van der Waals surface area contributed by atoms with E-state index in [1.807, 2.05) is 0 Å². The van der Waals surface area contributed by atoms with Crippen LogP contribution in [0.25, 0.3) is 0 Å². The number of hydrogen-bond donors (Lipinski definition) is 2. The maximum atomic E-state index is 11.4. The summed E-state index contributed by atoms with van der Waals surface area (Å²) >= 11 is 0. The fraction of sp³-hybridized carbons (Fsp3) is 1.00. The highest BCUT2D eigenvalue weighted by Gasteiger charge is 2.55. The van der Waals surface area contributed by atoms with Gasteiger partial charge in [-0.1, -0.05) is 40.0 Å². The largest absolute Gasteiger partial charge is 0.389 e. The third-order valence-corrected chi connectivity index (χ3v) is 5.97. The van der Waals surface area contributed by atoms with Gasteiger partial charge in [0.25, 0.3) is 0 Å². The van der Waals surface area contributed by atoms with E-state index in [0.29, 0.717) is 18.4 Å².